The summed E-state index contributed by atoms with van der Waals surface area (Å²) in [4.78, 5) is 0. The number of hydrogen-bond donors (Lipinski definition) is 0. The number of ether oxygens (including phenoxy) is 4. The van der Waals surface area contributed by atoms with Crippen molar-refractivity contribution in [1.29, 1.82) is 0 Å². The molecule has 0 amide bonds. The Labute approximate surface area is 143 Å². The smallest absolute Gasteiger partial charge is 0.201 e. The summed E-state index contributed by atoms with van der Waals surface area (Å²) < 4.78 is 23.2. The highest BCUT2D eigenvalue weighted by Crippen LogP contribution is 2.47. The van der Waals surface area contributed by atoms with Crippen LogP contribution in [0.25, 0.3) is 0 Å². The molecule has 1 heterocycles. The van der Waals surface area contributed by atoms with Crippen LogP contribution in [0.2, 0.25) is 0 Å². The van der Waals surface area contributed by atoms with Crippen molar-refractivity contribution in [3.05, 3.63) is 53.6 Å². The fourth-order valence-corrected chi connectivity index (χ4v) is 3.01. The number of methoxy groups -OCH3 is 2. The monoisotopic (exact) mass is 328 g/mol. The molecule has 0 bridgehead atoms. The van der Waals surface area contributed by atoms with E-state index in [4.69, 9.17) is 18.9 Å². The van der Waals surface area contributed by atoms with Gasteiger partial charge in [0.25, 0.3) is 0 Å². The van der Waals surface area contributed by atoms with Crippen LogP contribution in [-0.2, 0) is 16.8 Å². The van der Waals surface area contributed by atoms with Crippen LogP contribution in [-0.4, -0.2) is 20.5 Å². The summed E-state index contributed by atoms with van der Waals surface area (Å²) in [6.45, 7) is 4.09. The molecule has 1 aliphatic heterocycles. The molecule has 0 aliphatic carbocycles. The van der Waals surface area contributed by atoms with Gasteiger partial charge >= 0.3 is 0 Å². The van der Waals surface area contributed by atoms with Gasteiger partial charge in [0.1, 0.15) is 5.75 Å². The van der Waals surface area contributed by atoms with Crippen LogP contribution in [0, 0.1) is 0 Å². The van der Waals surface area contributed by atoms with Crippen molar-refractivity contribution in [2.75, 3.05) is 14.2 Å². The van der Waals surface area contributed by atoms with E-state index in [2.05, 4.69) is 12.1 Å². The molecule has 0 N–H and O–H groups in total. The lowest BCUT2D eigenvalue weighted by atomic mass is 9.94. The molecule has 1 unspecified atom stereocenters. The number of benzene rings is 2. The van der Waals surface area contributed by atoms with Crippen LogP contribution in [0.1, 0.15) is 31.4 Å². The Morgan fingerprint density at radius 2 is 1.79 bits per heavy atom. The quantitative estimate of drug-likeness (QED) is 0.820. The second-order valence-electron chi connectivity index (χ2n) is 6.41. The van der Waals surface area contributed by atoms with Gasteiger partial charge in [-0.15, -0.1) is 0 Å². The van der Waals surface area contributed by atoms with Crippen LogP contribution < -0.4 is 14.2 Å². The zero-order valence-corrected chi connectivity index (χ0v) is 14.7. The fourth-order valence-electron chi connectivity index (χ4n) is 3.01. The zero-order valence-electron chi connectivity index (χ0n) is 14.7. The Bertz CT molecular complexity index is 694. The highest BCUT2D eigenvalue weighted by atomic mass is 16.7. The van der Waals surface area contributed by atoms with Crippen LogP contribution >= 0.6 is 0 Å². The molecule has 3 rings (SSSR count). The van der Waals surface area contributed by atoms with Crippen molar-refractivity contribution in [2.24, 2.45) is 0 Å². The largest absolute Gasteiger partial charge is 0.497 e. The van der Waals surface area contributed by atoms with E-state index in [0.29, 0.717) is 5.75 Å². The van der Waals surface area contributed by atoms with E-state index in [-0.39, 0.29) is 6.29 Å². The highest BCUT2D eigenvalue weighted by molar-refractivity contribution is 5.54. The van der Waals surface area contributed by atoms with Gasteiger partial charge in [0.05, 0.1) is 19.8 Å². The molecule has 2 aromatic carbocycles. The van der Waals surface area contributed by atoms with Crippen molar-refractivity contribution in [1.82, 2.24) is 0 Å². The highest BCUT2D eigenvalue weighted by Gasteiger charge is 2.37. The predicted octanol–water partition coefficient (Wildman–Crippen LogP) is 4.31. The fraction of sp³-hybridized carbons (Fsp3) is 0.400. The molecule has 0 saturated heterocycles. The van der Waals surface area contributed by atoms with E-state index in [1.807, 2.05) is 44.2 Å². The molecule has 0 aromatic heterocycles. The third-order valence-electron chi connectivity index (χ3n) is 4.32. The average molecular weight is 328 g/mol. The summed E-state index contributed by atoms with van der Waals surface area (Å²) in [7, 11) is 3.28. The van der Waals surface area contributed by atoms with E-state index >= 15 is 0 Å². The Morgan fingerprint density at radius 3 is 2.46 bits per heavy atom. The van der Waals surface area contributed by atoms with Gasteiger partial charge < -0.3 is 18.9 Å². The van der Waals surface area contributed by atoms with Gasteiger partial charge in [0.15, 0.2) is 11.5 Å². The first-order valence-electron chi connectivity index (χ1n) is 8.18. The maximum Gasteiger partial charge on any atom is 0.201 e. The first-order chi connectivity index (χ1) is 11.5. The van der Waals surface area contributed by atoms with E-state index in [1.54, 1.807) is 14.2 Å². The van der Waals surface area contributed by atoms with Crippen LogP contribution in [0.5, 0.6) is 17.2 Å². The van der Waals surface area contributed by atoms with E-state index in [1.165, 1.54) is 5.56 Å². The minimum atomic E-state index is -0.475. The third-order valence-corrected chi connectivity index (χ3v) is 4.32. The molecule has 4 heteroatoms. The summed E-state index contributed by atoms with van der Waals surface area (Å²) >= 11 is 0. The van der Waals surface area contributed by atoms with Gasteiger partial charge in [0, 0.05) is 18.1 Å². The van der Waals surface area contributed by atoms with Gasteiger partial charge in [-0.05, 0) is 31.9 Å². The average Bonchev–Trinajstić information content (AvgIpc) is 2.59. The van der Waals surface area contributed by atoms with Gasteiger partial charge in [-0.3, -0.25) is 0 Å². The van der Waals surface area contributed by atoms with Crippen molar-refractivity contribution in [3.8, 4) is 17.2 Å². The first-order valence-corrected chi connectivity index (χ1v) is 8.18. The lowest BCUT2D eigenvalue weighted by Gasteiger charge is -2.38. The third kappa shape index (κ3) is 3.34. The predicted molar refractivity (Wildman–Crippen MR) is 92.8 cm³/mol. The van der Waals surface area contributed by atoms with Gasteiger partial charge in [-0.1, -0.05) is 30.3 Å². The van der Waals surface area contributed by atoms with Crippen LogP contribution in [0.4, 0.5) is 0 Å². The molecule has 0 saturated carbocycles. The summed E-state index contributed by atoms with van der Waals surface area (Å²) in [5.41, 5.74) is 1.74. The van der Waals surface area contributed by atoms with E-state index in [0.717, 1.165) is 29.9 Å². The second kappa shape index (κ2) is 6.73. The molecule has 0 spiro atoms. The summed E-state index contributed by atoms with van der Waals surface area (Å²) in [6, 6.07) is 14.1. The molecule has 2 aromatic rings. The van der Waals surface area contributed by atoms with Gasteiger partial charge in [0.2, 0.25) is 6.29 Å². The molecular weight excluding hydrogens is 304 g/mol. The first kappa shape index (κ1) is 16.7. The number of aryl methyl sites for hydroxylation is 1. The van der Waals surface area contributed by atoms with Gasteiger partial charge in [-0.25, -0.2) is 0 Å². The maximum absolute atomic E-state index is 6.19. The SMILES string of the molecule is COc1cc(OC)c2c(c1)C(C)(C)OC(CCc1ccccc1)O2. The van der Waals surface area contributed by atoms with Crippen LogP contribution in [0.15, 0.2) is 42.5 Å². The molecule has 0 radical (unpaired) electrons. The number of hydrogen-bond acceptors (Lipinski definition) is 4. The summed E-state index contributed by atoms with van der Waals surface area (Å²) in [5.74, 6) is 2.15. The lowest BCUT2D eigenvalue weighted by Crippen LogP contribution is -2.37. The lowest BCUT2D eigenvalue weighted by molar-refractivity contribution is -0.185. The summed E-state index contributed by atoms with van der Waals surface area (Å²) in [5, 5.41) is 0. The standard InChI is InChI=1S/C20H24O4/c1-20(2)16-12-15(21-3)13-17(22-4)19(16)23-18(24-20)11-10-14-8-6-5-7-9-14/h5-9,12-13,18H,10-11H2,1-4H3. The van der Waals surface area contributed by atoms with Crippen molar-refractivity contribution in [3.63, 3.8) is 0 Å². The number of rotatable bonds is 5. The van der Waals surface area contributed by atoms with Crippen molar-refractivity contribution in [2.45, 2.75) is 38.6 Å². The molecular formula is C20H24O4. The molecule has 4 nitrogen and oxygen atoms in total. The van der Waals surface area contributed by atoms with Gasteiger partial charge in [-0.2, -0.15) is 0 Å². The summed E-state index contributed by atoms with van der Waals surface area (Å²) in [6.07, 6.45) is 1.37. The molecule has 1 atom stereocenters. The minimum absolute atomic E-state index is 0.310. The second-order valence-corrected chi connectivity index (χ2v) is 6.41. The zero-order chi connectivity index (χ0) is 17.2. The molecule has 0 fully saturated rings. The Hall–Kier alpha value is -2.20. The Morgan fingerprint density at radius 1 is 1.04 bits per heavy atom. The normalized spacial score (nSPS) is 18.4. The Balaban J connectivity index is 1.84. The van der Waals surface area contributed by atoms with E-state index < -0.39 is 5.60 Å². The topological polar surface area (TPSA) is 36.9 Å². The molecule has 24 heavy (non-hydrogen) atoms. The minimum Gasteiger partial charge on any atom is -0.497 e. The Kier molecular flexibility index (Phi) is 4.67. The van der Waals surface area contributed by atoms with Crippen LogP contribution in [0.3, 0.4) is 0 Å². The maximum atomic E-state index is 6.19. The number of fused-ring (bicyclic) bond motifs is 1. The van der Waals surface area contributed by atoms with E-state index in [9.17, 15) is 0 Å². The van der Waals surface area contributed by atoms with Crippen molar-refractivity contribution < 1.29 is 18.9 Å². The van der Waals surface area contributed by atoms with Crippen molar-refractivity contribution >= 4 is 0 Å². The molecule has 1 aliphatic rings. The molecule has 128 valence electrons.